The summed E-state index contributed by atoms with van der Waals surface area (Å²) in [6.45, 7) is 0.782. The van der Waals surface area contributed by atoms with Crippen LogP contribution in [-0.2, 0) is 20.7 Å². The van der Waals surface area contributed by atoms with Gasteiger partial charge in [-0.15, -0.1) is 0 Å². The average molecular weight is 235 g/mol. The highest BCUT2D eigenvalue weighted by Crippen LogP contribution is 2.02. The molecule has 0 radical (unpaired) electrons. The van der Waals surface area contributed by atoms with Gasteiger partial charge in [-0.05, 0) is 12.0 Å². The molecule has 1 aromatic rings. The smallest absolute Gasteiger partial charge is 0.287 e. The Hall–Kier alpha value is -1.68. The van der Waals surface area contributed by atoms with E-state index in [2.05, 4.69) is 5.32 Å². The zero-order chi connectivity index (χ0) is 12.5. The van der Waals surface area contributed by atoms with Crippen molar-refractivity contribution in [3.8, 4) is 0 Å². The summed E-state index contributed by atoms with van der Waals surface area (Å²) in [5.74, 6) is -0.914. The molecular formula is C13H17NO3. The molecule has 4 nitrogen and oxygen atoms in total. The monoisotopic (exact) mass is 235 g/mol. The number of methoxy groups -OCH3 is 1. The summed E-state index contributed by atoms with van der Waals surface area (Å²) in [6.07, 6.45) is 0.834. The molecule has 4 heteroatoms. The van der Waals surface area contributed by atoms with E-state index < -0.39 is 5.91 Å². The first kappa shape index (κ1) is 13.4. The number of carbonyl (C=O) groups excluding carboxylic acids is 2. The van der Waals surface area contributed by atoms with Crippen molar-refractivity contribution >= 4 is 11.7 Å². The van der Waals surface area contributed by atoms with Gasteiger partial charge in [-0.1, -0.05) is 30.3 Å². The fourth-order valence-electron chi connectivity index (χ4n) is 1.38. The Kier molecular flexibility index (Phi) is 5.96. The number of hydrogen-bond acceptors (Lipinski definition) is 3. The summed E-state index contributed by atoms with van der Waals surface area (Å²) in [7, 11) is 1.55. The molecule has 0 saturated heterocycles. The van der Waals surface area contributed by atoms with Gasteiger partial charge in [-0.2, -0.15) is 0 Å². The molecule has 0 spiro atoms. The van der Waals surface area contributed by atoms with Gasteiger partial charge in [0, 0.05) is 20.1 Å². The van der Waals surface area contributed by atoms with Crippen LogP contribution in [0.3, 0.4) is 0 Å². The zero-order valence-electron chi connectivity index (χ0n) is 9.94. The molecule has 0 aliphatic rings. The van der Waals surface area contributed by atoms with Crippen LogP contribution in [-0.4, -0.2) is 32.0 Å². The zero-order valence-corrected chi connectivity index (χ0v) is 9.94. The minimum Gasteiger partial charge on any atom is -0.383 e. The quantitative estimate of drug-likeness (QED) is 0.565. The summed E-state index contributed by atoms with van der Waals surface area (Å²) < 4.78 is 4.78. The number of nitrogens with one attached hydrogen (secondary N) is 1. The molecular weight excluding hydrogens is 218 g/mol. The van der Waals surface area contributed by atoms with Crippen LogP contribution in [0.5, 0.6) is 0 Å². The van der Waals surface area contributed by atoms with Crippen LogP contribution in [0.15, 0.2) is 30.3 Å². The molecule has 0 aromatic heterocycles. The van der Waals surface area contributed by atoms with Crippen molar-refractivity contribution in [2.75, 3.05) is 20.3 Å². The van der Waals surface area contributed by atoms with E-state index in [0.29, 0.717) is 19.6 Å². The molecule has 0 bridgehead atoms. The summed E-state index contributed by atoms with van der Waals surface area (Å²) in [5, 5.41) is 2.51. The van der Waals surface area contributed by atoms with Crippen LogP contribution in [0.25, 0.3) is 0 Å². The van der Waals surface area contributed by atoms with Gasteiger partial charge in [-0.3, -0.25) is 9.59 Å². The first-order valence-electron chi connectivity index (χ1n) is 5.58. The van der Waals surface area contributed by atoms with Gasteiger partial charge in [0.1, 0.15) is 0 Å². The van der Waals surface area contributed by atoms with Crippen LogP contribution >= 0.6 is 0 Å². The molecule has 1 amide bonds. The SMILES string of the molecule is COCCNC(=O)C(=O)CCc1ccccc1. The minimum atomic E-state index is -0.530. The molecule has 0 unspecified atom stereocenters. The maximum absolute atomic E-state index is 11.5. The maximum Gasteiger partial charge on any atom is 0.287 e. The van der Waals surface area contributed by atoms with Crippen molar-refractivity contribution in [1.29, 1.82) is 0 Å². The fraction of sp³-hybridized carbons (Fsp3) is 0.385. The van der Waals surface area contributed by atoms with Gasteiger partial charge in [0.15, 0.2) is 0 Å². The molecule has 0 aliphatic heterocycles. The van der Waals surface area contributed by atoms with Gasteiger partial charge in [0.25, 0.3) is 5.91 Å². The standard InChI is InChI=1S/C13H17NO3/c1-17-10-9-14-13(16)12(15)8-7-11-5-3-2-4-6-11/h2-6H,7-10H2,1H3,(H,14,16). The lowest BCUT2D eigenvalue weighted by Crippen LogP contribution is -2.33. The maximum atomic E-state index is 11.5. The number of amides is 1. The van der Waals surface area contributed by atoms with E-state index in [1.165, 1.54) is 0 Å². The van der Waals surface area contributed by atoms with Crippen molar-refractivity contribution in [2.24, 2.45) is 0 Å². The molecule has 0 heterocycles. The average Bonchev–Trinajstić information content (AvgIpc) is 2.37. The molecule has 0 aliphatic carbocycles. The van der Waals surface area contributed by atoms with Crippen molar-refractivity contribution in [3.63, 3.8) is 0 Å². The normalized spacial score (nSPS) is 9.94. The number of aryl methyl sites for hydroxylation is 1. The molecule has 0 fully saturated rings. The summed E-state index contributed by atoms with van der Waals surface area (Å²) in [4.78, 5) is 22.8. The fourth-order valence-corrected chi connectivity index (χ4v) is 1.38. The Morgan fingerprint density at radius 1 is 1.24 bits per heavy atom. The highest BCUT2D eigenvalue weighted by Gasteiger charge is 2.12. The van der Waals surface area contributed by atoms with Gasteiger partial charge >= 0.3 is 0 Å². The molecule has 1 aromatic carbocycles. The van der Waals surface area contributed by atoms with E-state index in [1.807, 2.05) is 30.3 Å². The number of ether oxygens (including phenoxy) is 1. The molecule has 92 valence electrons. The second kappa shape index (κ2) is 7.57. The second-order valence-electron chi connectivity index (χ2n) is 3.66. The Morgan fingerprint density at radius 3 is 2.59 bits per heavy atom. The van der Waals surface area contributed by atoms with Crippen molar-refractivity contribution in [2.45, 2.75) is 12.8 Å². The summed E-state index contributed by atoms with van der Waals surface area (Å²) in [6, 6.07) is 9.63. The third-order valence-corrected chi connectivity index (χ3v) is 2.33. The molecule has 0 atom stereocenters. The first-order chi connectivity index (χ1) is 8.24. The number of hydrogen-bond donors (Lipinski definition) is 1. The lowest BCUT2D eigenvalue weighted by molar-refractivity contribution is -0.138. The van der Waals surface area contributed by atoms with Gasteiger partial charge < -0.3 is 10.1 Å². The number of rotatable bonds is 7. The molecule has 1 N–H and O–H groups in total. The van der Waals surface area contributed by atoms with Crippen LogP contribution < -0.4 is 5.32 Å². The largest absolute Gasteiger partial charge is 0.383 e. The molecule has 0 saturated carbocycles. The number of benzene rings is 1. The third-order valence-electron chi connectivity index (χ3n) is 2.33. The summed E-state index contributed by atoms with van der Waals surface area (Å²) in [5.41, 5.74) is 1.06. The van der Waals surface area contributed by atoms with E-state index >= 15 is 0 Å². The van der Waals surface area contributed by atoms with E-state index in [1.54, 1.807) is 7.11 Å². The second-order valence-corrected chi connectivity index (χ2v) is 3.66. The predicted octanol–water partition coefficient (Wildman–Crippen LogP) is 0.951. The Morgan fingerprint density at radius 2 is 1.94 bits per heavy atom. The van der Waals surface area contributed by atoms with E-state index in [4.69, 9.17) is 4.74 Å². The third kappa shape index (κ3) is 5.26. The molecule has 17 heavy (non-hydrogen) atoms. The van der Waals surface area contributed by atoms with Crippen LogP contribution in [0.4, 0.5) is 0 Å². The van der Waals surface area contributed by atoms with E-state index in [0.717, 1.165) is 5.56 Å². The lowest BCUT2D eigenvalue weighted by atomic mass is 10.1. The Balaban J connectivity index is 2.27. The number of ketones is 1. The van der Waals surface area contributed by atoms with Crippen LogP contribution in [0.1, 0.15) is 12.0 Å². The van der Waals surface area contributed by atoms with E-state index in [-0.39, 0.29) is 12.2 Å². The summed E-state index contributed by atoms with van der Waals surface area (Å²) >= 11 is 0. The number of carbonyl (C=O) groups is 2. The van der Waals surface area contributed by atoms with Gasteiger partial charge in [0.2, 0.25) is 5.78 Å². The topological polar surface area (TPSA) is 55.4 Å². The number of Topliss-reactive ketones (excluding diaryl/α,β-unsaturated/α-hetero) is 1. The van der Waals surface area contributed by atoms with Gasteiger partial charge in [-0.25, -0.2) is 0 Å². The van der Waals surface area contributed by atoms with Crippen molar-refractivity contribution in [3.05, 3.63) is 35.9 Å². The van der Waals surface area contributed by atoms with Gasteiger partial charge in [0.05, 0.1) is 6.61 Å². The van der Waals surface area contributed by atoms with Crippen LogP contribution in [0, 0.1) is 0 Å². The lowest BCUT2D eigenvalue weighted by Gasteiger charge is -2.03. The Bertz CT molecular complexity index is 362. The minimum absolute atomic E-state index is 0.239. The van der Waals surface area contributed by atoms with Crippen molar-refractivity contribution in [1.82, 2.24) is 5.32 Å². The molecule has 1 rings (SSSR count). The van der Waals surface area contributed by atoms with Crippen LogP contribution in [0.2, 0.25) is 0 Å². The Labute approximate surface area is 101 Å². The first-order valence-corrected chi connectivity index (χ1v) is 5.58. The highest BCUT2D eigenvalue weighted by atomic mass is 16.5. The highest BCUT2D eigenvalue weighted by molar-refractivity contribution is 6.36. The van der Waals surface area contributed by atoms with E-state index in [9.17, 15) is 9.59 Å². The van der Waals surface area contributed by atoms with Crippen molar-refractivity contribution < 1.29 is 14.3 Å². The predicted molar refractivity (Wildman–Crippen MR) is 64.7 cm³/mol.